The molecule has 244 valence electrons. The first kappa shape index (κ1) is 36.0. The molecule has 0 aliphatic rings. The number of hydrogen-bond donors (Lipinski definition) is 0. The average Bonchev–Trinajstić information content (AvgIpc) is 2.99. The van der Waals surface area contributed by atoms with E-state index in [9.17, 15) is 39.5 Å². The van der Waals surface area contributed by atoms with E-state index in [1.54, 1.807) is 24.3 Å². The molecule has 0 N–H and O–H groups in total. The van der Waals surface area contributed by atoms with Gasteiger partial charge < -0.3 is 4.74 Å². The van der Waals surface area contributed by atoms with Crippen LogP contribution in [0.2, 0.25) is 0 Å². The van der Waals surface area contributed by atoms with Crippen LogP contribution in [0, 0.1) is 6.92 Å². The van der Waals surface area contributed by atoms with Crippen LogP contribution in [0.1, 0.15) is 28.7 Å². The van der Waals surface area contributed by atoms with E-state index in [1.807, 2.05) is 6.92 Å². The lowest BCUT2D eigenvalue weighted by atomic mass is 10.2. The first-order valence-corrected chi connectivity index (χ1v) is 17.5. The third-order valence-corrected chi connectivity index (χ3v) is 12.1. The van der Waals surface area contributed by atoms with Crippen LogP contribution in [0.3, 0.4) is 0 Å². The molecule has 0 amide bonds. The number of aliphatic imine (C=N–C) groups is 1. The SMILES string of the molecule is Cc1ccc(N=C(CC(SSc2cccc(C(F)(F)F)c2)SSc2cccc(C(F)(F)F)c2)Oc2cccc(C(F)(F)F)c2)cc1. The summed E-state index contributed by atoms with van der Waals surface area (Å²) in [6.07, 6.45) is -13.8. The average molecular weight is 724 g/mol. The van der Waals surface area contributed by atoms with E-state index < -0.39 is 39.8 Å². The van der Waals surface area contributed by atoms with E-state index in [0.717, 1.165) is 85.1 Å². The maximum absolute atomic E-state index is 13.4. The van der Waals surface area contributed by atoms with Gasteiger partial charge in [-0.1, -0.05) is 79.1 Å². The van der Waals surface area contributed by atoms with Crippen LogP contribution >= 0.6 is 43.2 Å². The fourth-order valence-electron chi connectivity index (χ4n) is 3.64. The molecule has 4 aromatic carbocycles. The molecule has 0 spiro atoms. The molecule has 0 saturated heterocycles. The van der Waals surface area contributed by atoms with Gasteiger partial charge in [-0.15, -0.1) is 0 Å². The van der Waals surface area contributed by atoms with Crippen LogP contribution in [0.15, 0.2) is 112 Å². The third-order valence-electron chi connectivity index (χ3n) is 5.85. The molecule has 0 bridgehead atoms. The largest absolute Gasteiger partial charge is 0.443 e. The normalized spacial score (nSPS) is 12.9. The molecule has 0 aliphatic carbocycles. The topological polar surface area (TPSA) is 21.6 Å². The third kappa shape index (κ3) is 11.1. The summed E-state index contributed by atoms with van der Waals surface area (Å²) in [6, 6.07) is 20.4. The number of benzene rings is 4. The van der Waals surface area contributed by atoms with Gasteiger partial charge in [-0.2, -0.15) is 39.5 Å². The Morgan fingerprint density at radius 1 is 0.630 bits per heavy atom. The summed E-state index contributed by atoms with van der Waals surface area (Å²) < 4.78 is 125. The number of aryl methyl sites for hydroxylation is 1. The quantitative estimate of drug-likeness (QED) is 0.0532. The molecular weight excluding hydrogens is 702 g/mol. The molecule has 0 fully saturated rings. The minimum Gasteiger partial charge on any atom is -0.443 e. The Morgan fingerprint density at radius 3 is 1.57 bits per heavy atom. The van der Waals surface area contributed by atoms with Gasteiger partial charge in [0.15, 0.2) is 5.90 Å². The number of halogens is 9. The maximum Gasteiger partial charge on any atom is 0.416 e. The molecule has 0 heterocycles. The Bertz CT molecular complexity index is 1580. The second kappa shape index (κ2) is 15.3. The first-order valence-electron chi connectivity index (χ1n) is 13.1. The molecular formula is C31H22F9NOS4. The van der Waals surface area contributed by atoms with Gasteiger partial charge in [0.2, 0.25) is 0 Å². The van der Waals surface area contributed by atoms with Crippen molar-refractivity contribution in [3.63, 3.8) is 0 Å². The van der Waals surface area contributed by atoms with Crippen LogP contribution in [0.5, 0.6) is 5.75 Å². The minimum atomic E-state index is -4.63. The van der Waals surface area contributed by atoms with Gasteiger partial charge in [0.25, 0.3) is 0 Å². The zero-order chi connectivity index (χ0) is 33.5. The van der Waals surface area contributed by atoms with Crippen molar-refractivity contribution in [1.82, 2.24) is 0 Å². The number of alkyl halides is 9. The first-order chi connectivity index (χ1) is 21.6. The van der Waals surface area contributed by atoms with E-state index in [0.29, 0.717) is 5.69 Å². The van der Waals surface area contributed by atoms with Gasteiger partial charge in [0.05, 0.1) is 27.0 Å². The van der Waals surface area contributed by atoms with Crippen molar-refractivity contribution >= 4 is 54.8 Å². The van der Waals surface area contributed by atoms with Crippen molar-refractivity contribution in [1.29, 1.82) is 0 Å². The van der Waals surface area contributed by atoms with E-state index >= 15 is 0 Å². The zero-order valence-electron chi connectivity index (χ0n) is 23.4. The highest BCUT2D eigenvalue weighted by molar-refractivity contribution is 8.85. The molecule has 4 rings (SSSR count). The lowest BCUT2D eigenvalue weighted by Gasteiger charge is -2.18. The van der Waals surface area contributed by atoms with E-state index in [-0.39, 0.29) is 27.9 Å². The summed E-state index contributed by atoms with van der Waals surface area (Å²) in [5.41, 5.74) is -1.29. The predicted octanol–water partition coefficient (Wildman–Crippen LogP) is 12.8. The number of hydrogen-bond acceptors (Lipinski definition) is 6. The smallest absolute Gasteiger partial charge is 0.416 e. The predicted molar refractivity (Wildman–Crippen MR) is 169 cm³/mol. The highest BCUT2D eigenvalue weighted by atomic mass is 33.1. The second-order valence-corrected chi connectivity index (χ2v) is 14.8. The van der Waals surface area contributed by atoms with Crippen LogP contribution in [0.4, 0.5) is 45.2 Å². The second-order valence-electron chi connectivity index (χ2n) is 9.51. The number of ether oxygens (including phenoxy) is 1. The van der Waals surface area contributed by atoms with Crippen molar-refractivity contribution in [2.75, 3.05) is 0 Å². The summed E-state index contributed by atoms with van der Waals surface area (Å²) in [4.78, 5) is 5.04. The van der Waals surface area contributed by atoms with E-state index in [1.165, 1.54) is 36.4 Å². The Kier molecular flexibility index (Phi) is 12.0. The maximum atomic E-state index is 13.4. The van der Waals surface area contributed by atoms with Crippen LogP contribution in [-0.4, -0.2) is 10.5 Å². The lowest BCUT2D eigenvalue weighted by Crippen LogP contribution is -2.14. The molecule has 15 heteroatoms. The van der Waals surface area contributed by atoms with Gasteiger partial charge in [-0.25, -0.2) is 4.99 Å². The van der Waals surface area contributed by atoms with Gasteiger partial charge >= 0.3 is 18.5 Å². The molecule has 0 radical (unpaired) electrons. The molecule has 0 atom stereocenters. The fraction of sp³-hybridized carbons (Fsp3) is 0.194. The molecule has 46 heavy (non-hydrogen) atoms. The summed E-state index contributed by atoms with van der Waals surface area (Å²) in [6.45, 7) is 1.85. The van der Waals surface area contributed by atoms with Gasteiger partial charge in [0.1, 0.15) is 5.75 Å². The van der Waals surface area contributed by atoms with E-state index in [2.05, 4.69) is 4.99 Å². The summed E-state index contributed by atoms with van der Waals surface area (Å²) in [7, 11) is 4.24. The standard InChI is InChI=1S/C31H22F9NOS4/c1-19-11-13-23(14-12-19)41-27(42-24-8-2-5-20(15-24)29(32,33)34)18-28(45-43-25-9-3-6-21(16-25)30(35,36)37)46-44-26-10-4-7-22(17-26)31(38,39)40/h2-17,28H,18H2,1H3. The molecule has 0 saturated carbocycles. The number of nitrogens with zero attached hydrogens (tertiary/aromatic N) is 1. The molecule has 0 unspecified atom stereocenters. The van der Waals surface area contributed by atoms with Crippen molar-refractivity contribution in [2.45, 2.75) is 46.2 Å². The molecule has 2 nitrogen and oxygen atoms in total. The lowest BCUT2D eigenvalue weighted by molar-refractivity contribution is -0.138. The summed E-state index contributed by atoms with van der Waals surface area (Å²) in [5.74, 6) is -0.159. The summed E-state index contributed by atoms with van der Waals surface area (Å²) >= 11 is 0. The van der Waals surface area contributed by atoms with Crippen LogP contribution in [0.25, 0.3) is 0 Å². The molecule has 0 aromatic heterocycles. The monoisotopic (exact) mass is 723 g/mol. The van der Waals surface area contributed by atoms with Gasteiger partial charge in [-0.05, 0) is 73.7 Å². The summed E-state index contributed by atoms with van der Waals surface area (Å²) in [5, 5.41) is 0. The van der Waals surface area contributed by atoms with Crippen LogP contribution < -0.4 is 4.74 Å². The van der Waals surface area contributed by atoms with Crippen molar-refractivity contribution in [3.05, 3.63) is 119 Å². The number of rotatable bonds is 10. The minimum absolute atomic E-state index is 0.0116. The highest BCUT2D eigenvalue weighted by Crippen LogP contribution is 2.48. The van der Waals surface area contributed by atoms with Crippen LogP contribution in [-0.2, 0) is 18.5 Å². The van der Waals surface area contributed by atoms with Gasteiger partial charge in [-0.3, -0.25) is 0 Å². The Hall–Kier alpha value is -2.88. The van der Waals surface area contributed by atoms with Crippen molar-refractivity contribution < 1.29 is 44.3 Å². The Morgan fingerprint density at radius 2 is 1.09 bits per heavy atom. The molecule has 4 aromatic rings. The zero-order valence-corrected chi connectivity index (χ0v) is 26.7. The Labute approximate surface area is 274 Å². The van der Waals surface area contributed by atoms with Crippen molar-refractivity contribution in [3.8, 4) is 5.75 Å². The Balaban J connectivity index is 1.64. The molecule has 0 aliphatic heterocycles. The van der Waals surface area contributed by atoms with E-state index in [4.69, 9.17) is 4.74 Å². The van der Waals surface area contributed by atoms with Crippen molar-refractivity contribution in [2.24, 2.45) is 4.99 Å². The van der Waals surface area contributed by atoms with Gasteiger partial charge in [0, 0.05) is 16.2 Å². The highest BCUT2D eigenvalue weighted by Gasteiger charge is 2.32. The fourth-order valence-corrected chi connectivity index (χ4v) is 9.45.